The lowest BCUT2D eigenvalue weighted by Gasteiger charge is -2.18. The highest BCUT2D eigenvalue weighted by atomic mass is 15.0. The van der Waals surface area contributed by atoms with Crippen molar-refractivity contribution < 1.29 is 0 Å². The topological polar surface area (TPSA) is 9.86 Å². The van der Waals surface area contributed by atoms with Crippen LogP contribution in [0.4, 0.5) is 0 Å². The largest absolute Gasteiger partial charge is 0.347 e. The van der Waals surface area contributed by atoms with E-state index in [1.165, 1.54) is 61.7 Å². The van der Waals surface area contributed by atoms with Crippen LogP contribution < -0.4 is 0 Å². The van der Waals surface area contributed by atoms with E-state index in [1.54, 1.807) is 0 Å². The van der Waals surface area contributed by atoms with E-state index in [4.69, 9.17) is 0 Å². The number of unbranched alkanes of at least 4 members (excludes halogenated alkanes) is 1. The molecule has 2 aromatic heterocycles. The van der Waals surface area contributed by atoms with E-state index in [2.05, 4.69) is 76.1 Å². The van der Waals surface area contributed by atoms with E-state index in [0.717, 1.165) is 0 Å². The lowest BCUT2D eigenvalue weighted by molar-refractivity contribution is 0.517. The second-order valence-electron chi connectivity index (χ2n) is 6.25. The Morgan fingerprint density at radius 3 is 2.00 bits per heavy atom. The van der Waals surface area contributed by atoms with Gasteiger partial charge in [0.1, 0.15) is 0 Å². The van der Waals surface area contributed by atoms with Gasteiger partial charge in [-0.3, -0.25) is 0 Å². The molecule has 0 saturated heterocycles. The highest BCUT2D eigenvalue weighted by Gasteiger charge is 2.17. The van der Waals surface area contributed by atoms with E-state index >= 15 is 0 Å². The Hall–Kier alpha value is -1.38. The second-order valence-corrected chi connectivity index (χ2v) is 6.25. The van der Waals surface area contributed by atoms with Crippen molar-refractivity contribution in [1.82, 2.24) is 9.13 Å². The molecule has 126 valence electrons. The average molecular weight is 312 g/mol. The Balaban J connectivity index is 0.00000127. The molecule has 0 N–H and O–H groups in total. The van der Waals surface area contributed by atoms with E-state index in [1.807, 2.05) is 0 Å². The van der Waals surface area contributed by atoms with Crippen molar-refractivity contribution in [3.63, 3.8) is 0 Å². The highest BCUT2D eigenvalue weighted by Crippen LogP contribution is 2.31. The molecule has 0 amide bonds. The molecular weight excluding hydrogens is 279 g/mol. The number of rotatable bonds is 7. The molecule has 2 aromatic rings. The number of aryl methyl sites for hydroxylation is 1. The molecule has 2 rings (SSSR count). The molecule has 23 heavy (non-hydrogen) atoms. The molecule has 3 heteroatoms. The van der Waals surface area contributed by atoms with Crippen LogP contribution in [0, 0.1) is 6.92 Å². The molecule has 2 heterocycles. The van der Waals surface area contributed by atoms with Crippen LogP contribution in [0.5, 0.6) is 0 Å². The zero-order valence-electron chi connectivity index (χ0n) is 15.9. The third-order valence-corrected chi connectivity index (χ3v) is 4.76. The fourth-order valence-corrected chi connectivity index (χ4v) is 3.30. The molecule has 0 aliphatic heterocycles. The second kappa shape index (κ2) is 9.69. The van der Waals surface area contributed by atoms with Gasteiger partial charge in [0.2, 0.25) is 0 Å². The van der Waals surface area contributed by atoms with Crippen LogP contribution in [0.25, 0.3) is 11.4 Å². The van der Waals surface area contributed by atoms with E-state index in [-0.39, 0.29) is 0 Å². The van der Waals surface area contributed by atoms with E-state index in [0.29, 0.717) is 5.92 Å². The number of hydrogen-bond acceptors (Lipinski definition) is 0. The third kappa shape index (κ3) is 4.56. The number of nitrogens with zero attached hydrogens (tertiary/aromatic N) is 2. The minimum Gasteiger partial charge on any atom is -0.347 e. The standard InChI is InChI=1S/C19H30N2.CH3B/c1-6-8-10-16(9-7-2)17-13-14-19(21(17)5)18-12-11-15(3)20(18)4;1-2/h11-14,16H,6-10H2,1-5H3;1H3. The van der Waals surface area contributed by atoms with E-state index < -0.39 is 0 Å². The normalized spacial score (nSPS) is 11.9. The summed E-state index contributed by atoms with van der Waals surface area (Å²) in [5.41, 5.74) is 5.45. The Labute approximate surface area is 144 Å². The molecule has 1 unspecified atom stereocenters. The van der Waals surface area contributed by atoms with Crippen LogP contribution in [0.1, 0.15) is 63.3 Å². The molecule has 0 spiro atoms. The summed E-state index contributed by atoms with van der Waals surface area (Å²) in [6.45, 7) is 8.24. The Morgan fingerprint density at radius 2 is 1.48 bits per heavy atom. The molecule has 0 aromatic carbocycles. The van der Waals surface area contributed by atoms with Gasteiger partial charge in [0.25, 0.3) is 0 Å². The molecule has 2 nitrogen and oxygen atoms in total. The number of hydrogen-bond donors (Lipinski definition) is 0. The monoisotopic (exact) mass is 312 g/mol. The van der Waals surface area contributed by atoms with Gasteiger partial charge in [0, 0.05) is 25.5 Å². The minimum absolute atomic E-state index is 0.704. The van der Waals surface area contributed by atoms with Gasteiger partial charge >= 0.3 is 0 Å². The van der Waals surface area contributed by atoms with Crippen molar-refractivity contribution in [3.8, 4) is 11.4 Å². The first-order valence-electron chi connectivity index (χ1n) is 8.96. The Kier molecular flexibility index (Phi) is 8.29. The summed E-state index contributed by atoms with van der Waals surface area (Å²) in [6.07, 6.45) is 6.48. The quantitative estimate of drug-likeness (QED) is 0.588. The zero-order valence-corrected chi connectivity index (χ0v) is 15.9. The summed E-state index contributed by atoms with van der Waals surface area (Å²) < 4.78 is 4.69. The molecule has 0 aliphatic rings. The van der Waals surface area contributed by atoms with Crippen LogP contribution in [-0.2, 0) is 14.1 Å². The fourth-order valence-electron chi connectivity index (χ4n) is 3.30. The molecule has 2 radical (unpaired) electrons. The molecule has 0 aliphatic carbocycles. The molecule has 0 fully saturated rings. The van der Waals surface area contributed by atoms with Crippen molar-refractivity contribution >= 4 is 7.85 Å². The summed E-state index contributed by atoms with van der Waals surface area (Å²) in [6, 6.07) is 9.06. The molecule has 0 bridgehead atoms. The fraction of sp³-hybridized carbons (Fsp3) is 0.600. The van der Waals surface area contributed by atoms with Gasteiger partial charge in [-0.25, -0.2) is 0 Å². The highest BCUT2D eigenvalue weighted by molar-refractivity contribution is 6.05. The predicted molar refractivity (Wildman–Crippen MR) is 103 cm³/mol. The maximum atomic E-state index is 4.50. The van der Waals surface area contributed by atoms with Crippen LogP contribution >= 0.6 is 0 Å². The smallest absolute Gasteiger partial charge is 0.0647 e. The lowest BCUT2D eigenvalue weighted by Crippen LogP contribution is -2.07. The van der Waals surface area contributed by atoms with Crippen molar-refractivity contribution in [2.45, 2.75) is 65.6 Å². The number of aromatic nitrogens is 2. The van der Waals surface area contributed by atoms with Gasteiger partial charge < -0.3 is 9.13 Å². The maximum absolute atomic E-state index is 4.50. The summed E-state index contributed by atoms with van der Waals surface area (Å²) in [5, 5.41) is 0. The summed E-state index contributed by atoms with van der Waals surface area (Å²) in [4.78, 5) is 0. The van der Waals surface area contributed by atoms with Crippen molar-refractivity contribution in [2.24, 2.45) is 14.1 Å². The first kappa shape index (κ1) is 19.7. The maximum Gasteiger partial charge on any atom is 0.0647 e. The zero-order chi connectivity index (χ0) is 17.4. The average Bonchev–Trinajstić information content (AvgIpc) is 3.09. The summed E-state index contributed by atoms with van der Waals surface area (Å²) >= 11 is 0. The van der Waals surface area contributed by atoms with Crippen LogP contribution in [0.15, 0.2) is 24.3 Å². The lowest BCUT2D eigenvalue weighted by atomic mass is 9.94. The van der Waals surface area contributed by atoms with E-state index in [9.17, 15) is 0 Å². The van der Waals surface area contributed by atoms with Crippen LogP contribution in [0.2, 0.25) is 6.82 Å². The van der Waals surface area contributed by atoms with Gasteiger partial charge in [0.15, 0.2) is 0 Å². The van der Waals surface area contributed by atoms with Gasteiger partial charge in [-0.05, 0) is 49.9 Å². The molecule has 0 saturated carbocycles. The Bertz CT molecular complexity index is 580. The molecular formula is C20H33BN2. The Morgan fingerprint density at radius 1 is 0.870 bits per heavy atom. The summed E-state index contributed by atoms with van der Waals surface area (Å²) in [5.74, 6) is 0.704. The van der Waals surface area contributed by atoms with Gasteiger partial charge in [-0.2, -0.15) is 0 Å². The van der Waals surface area contributed by atoms with Crippen LogP contribution in [-0.4, -0.2) is 17.0 Å². The first-order valence-corrected chi connectivity index (χ1v) is 8.96. The van der Waals surface area contributed by atoms with Crippen molar-refractivity contribution in [1.29, 1.82) is 0 Å². The molecule has 1 atom stereocenters. The predicted octanol–water partition coefficient (Wildman–Crippen LogP) is 5.62. The van der Waals surface area contributed by atoms with Crippen molar-refractivity contribution in [2.75, 3.05) is 0 Å². The van der Waals surface area contributed by atoms with Crippen LogP contribution in [0.3, 0.4) is 0 Å². The summed E-state index contributed by atoms with van der Waals surface area (Å²) in [7, 11) is 8.87. The van der Waals surface area contributed by atoms with Crippen molar-refractivity contribution in [3.05, 3.63) is 35.7 Å². The van der Waals surface area contributed by atoms with Gasteiger partial charge in [-0.15, -0.1) is 0 Å². The SMILES string of the molecule is CCCCC(CCC)c1ccc(-c2ccc(C)n2C)n1C.[B]C. The van der Waals surface area contributed by atoms with Gasteiger partial charge in [-0.1, -0.05) is 39.9 Å². The first-order chi connectivity index (χ1) is 11.1. The van der Waals surface area contributed by atoms with Gasteiger partial charge in [0.05, 0.1) is 19.2 Å². The minimum atomic E-state index is 0.704. The third-order valence-electron chi connectivity index (χ3n) is 4.76.